The third-order valence-corrected chi connectivity index (χ3v) is 10.2. The molecule has 0 saturated heterocycles. The summed E-state index contributed by atoms with van der Waals surface area (Å²) in [5, 5.41) is 34.1. The number of hydrogen-bond donors (Lipinski definition) is 0. The van der Waals surface area contributed by atoms with E-state index in [2.05, 4.69) is 62.3 Å². The SMILES string of the molecule is CCCCCCC(CCC)(CCC)C(=O)[O-].CCCCCCC(CCC)(CCC)C(=O)[O-].CCCCCCC(CCC)(CCC)C(=O)[O-].[Nd+3]. The van der Waals surface area contributed by atoms with E-state index in [1.54, 1.807) is 0 Å². The van der Waals surface area contributed by atoms with Crippen LogP contribution in [-0.2, 0) is 14.4 Å². The van der Waals surface area contributed by atoms with Crippen molar-refractivity contribution in [3.8, 4) is 0 Å². The summed E-state index contributed by atoms with van der Waals surface area (Å²) >= 11 is 0. The smallest absolute Gasteiger partial charge is 0.550 e. The summed E-state index contributed by atoms with van der Waals surface area (Å²) < 4.78 is 0. The molecule has 0 unspecified atom stereocenters. The summed E-state index contributed by atoms with van der Waals surface area (Å²) in [5.41, 5.74) is -1.63. The van der Waals surface area contributed by atoms with E-state index in [1.807, 2.05) is 0 Å². The zero-order chi connectivity index (χ0) is 37.3. The Bertz CT molecular complexity index is 650. The molecule has 0 aliphatic rings. The van der Waals surface area contributed by atoms with Crippen molar-refractivity contribution >= 4 is 17.9 Å². The van der Waals surface area contributed by atoms with E-state index < -0.39 is 34.2 Å². The number of aliphatic carboxylic acids is 3. The average molecular weight is 826 g/mol. The molecule has 0 rings (SSSR count). The molecule has 0 heterocycles. The number of unbranched alkanes of at least 4 members (excludes halogenated alkanes) is 9. The van der Waals surface area contributed by atoms with Crippen LogP contribution >= 0.6 is 0 Å². The molecule has 0 aliphatic carbocycles. The van der Waals surface area contributed by atoms with Crippen LogP contribution in [0.4, 0.5) is 0 Å². The van der Waals surface area contributed by atoms with E-state index in [9.17, 15) is 29.7 Å². The third-order valence-electron chi connectivity index (χ3n) is 10.2. The van der Waals surface area contributed by atoms with Gasteiger partial charge in [0.25, 0.3) is 0 Å². The van der Waals surface area contributed by atoms with Crippen molar-refractivity contribution in [1.29, 1.82) is 0 Å². The first-order chi connectivity index (χ1) is 22.9. The Morgan fingerprint density at radius 3 is 0.612 bits per heavy atom. The van der Waals surface area contributed by atoms with Gasteiger partial charge in [0.05, 0.1) is 0 Å². The Hall–Kier alpha value is -0.239. The van der Waals surface area contributed by atoms with E-state index in [4.69, 9.17) is 0 Å². The van der Waals surface area contributed by atoms with Gasteiger partial charge in [0.1, 0.15) is 0 Å². The summed E-state index contributed by atoms with van der Waals surface area (Å²) in [6.07, 6.45) is 26.4. The van der Waals surface area contributed by atoms with Gasteiger partial charge in [-0.2, -0.15) is 0 Å². The van der Waals surface area contributed by atoms with Gasteiger partial charge in [-0.25, -0.2) is 0 Å². The van der Waals surface area contributed by atoms with Crippen LogP contribution in [0.1, 0.15) is 236 Å². The van der Waals surface area contributed by atoms with Crippen molar-refractivity contribution in [2.45, 2.75) is 236 Å². The van der Waals surface area contributed by atoms with Gasteiger partial charge in [0.2, 0.25) is 0 Å². The van der Waals surface area contributed by atoms with E-state index in [1.165, 1.54) is 38.5 Å². The number of carbonyl (C=O) groups is 3. The Morgan fingerprint density at radius 2 is 0.490 bits per heavy atom. The summed E-state index contributed by atoms with van der Waals surface area (Å²) in [6, 6.07) is 0. The Balaban J connectivity index is -0.000000307. The van der Waals surface area contributed by atoms with Gasteiger partial charge in [-0.1, -0.05) is 178 Å². The molecule has 0 spiro atoms. The monoisotopic (exact) mass is 824 g/mol. The molecule has 0 aromatic heterocycles. The van der Waals surface area contributed by atoms with Crippen molar-refractivity contribution in [2.24, 2.45) is 16.2 Å². The van der Waals surface area contributed by atoms with Gasteiger partial charge in [0, 0.05) is 34.2 Å². The molecule has 0 aromatic rings. The summed E-state index contributed by atoms with van der Waals surface area (Å²) in [6.45, 7) is 18.8. The van der Waals surface area contributed by atoms with Crippen LogP contribution in [-0.4, -0.2) is 17.9 Å². The second-order valence-electron chi connectivity index (χ2n) is 14.6. The molecule has 0 aromatic carbocycles. The molecule has 1 radical (unpaired) electrons. The maximum absolute atomic E-state index is 11.4. The van der Waals surface area contributed by atoms with Crippen LogP contribution in [0.5, 0.6) is 0 Å². The van der Waals surface area contributed by atoms with Crippen molar-refractivity contribution in [3.05, 3.63) is 0 Å². The normalized spacial score (nSPS) is 11.4. The number of carbonyl (C=O) groups excluding carboxylic acids is 3. The minimum Gasteiger partial charge on any atom is -0.550 e. The van der Waals surface area contributed by atoms with E-state index in [0.717, 1.165) is 135 Å². The average Bonchev–Trinajstić information content (AvgIpc) is 3.04. The molecule has 289 valence electrons. The molecule has 0 amide bonds. The molecule has 0 atom stereocenters. The minimum absolute atomic E-state index is 0. The maximum Gasteiger partial charge on any atom is 3.00 e. The van der Waals surface area contributed by atoms with Crippen molar-refractivity contribution < 1.29 is 70.5 Å². The van der Waals surface area contributed by atoms with Gasteiger partial charge in [-0.05, 0) is 57.8 Å². The van der Waals surface area contributed by atoms with Crippen LogP contribution in [0.3, 0.4) is 0 Å². The van der Waals surface area contributed by atoms with Gasteiger partial charge in [-0.15, -0.1) is 0 Å². The van der Waals surface area contributed by atoms with Crippen molar-refractivity contribution in [1.82, 2.24) is 0 Å². The second kappa shape index (κ2) is 36.1. The molecule has 0 N–H and O–H groups in total. The van der Waals surface area contributed by atoms with Crippen LogP contribution in [0.15, 0.2) is 0 Å². The number of carboxylic acids is 3. The Morgan fingerprint density at radius 1 is 0.306 bits per heavy atom. The first-order valence-corrected chi connectivity index (χ1v) is 20.5. The summed E-state index contributed by atoms with van der Waals surface area (Å²) in [5.74, 6) is -2.48. The quantitative estimate of drug-likeness (QED) is 0.0666. The molecule has 0 fully saturated rings. The zero-order valence-electron chi connectivity index (χ0n) is 34.0. The summed E-state index contributed by atoms with van der Waals surface area (Å²) in [4.78, 5) is 34.1. The number of carboxylic acid groups (broad SMARTS) is 3. The minimum atomic E-state index is -0.826. The van der Waals surface area contributed by atoms with E-state index in [-0.39, 0.29) is 40.8 Å². The number of hydrogen-bond acceptors (Lipinski definition) is 6. The maximum atomic E-state index is 11.4. The molecule has 6 nitrogen and oxygen atoms in total. The predicted molar refractivity (Wildman–Crippen MR) is 198 cm³/mol. The van der Waals surface area contributed by atoms with Crippen LogP contribution in [0, 0.1) is 57.1 Å². The van der Waals surface area contributed by atoms with Gasteiger partial charge in [-0.3, -0.25) is 0 Å². The first-order valence-electron chi connectivity index (χ1n) is 20.5. The fourth-order valence-corrected chi connectivity index (χ4v) is 7.59. The zero-order valence-corrected chi connectivity index (χ0v) is 37.2. The van der Waals surface area contributed by atoms with Crippen LogP contribution < -0.4 is 15.3 Å². The number of rotatable bonds is 30. The molecule has 49 heavy (non-hydrogen) atoms. The molecule has 0 saturated carbocycles. The van der Waals surface area contributed by atoms with Crippen molar-refractivity contribution in [2.75, 3.05) is 0 Å². The second-order valence-corrected chi connectivity index (χ2v) is 14.6. The largest absolute Gasteiger partial charge is 3.00 e. The topological polar surface area (TPSA) is 120 Å². The molecular formula is C42H81NdO6. The Labute approximate surface area is 338 Å². The standard InChI is InChI=1S/3C14H28O2.Nd/c3*1-4-7-8-9-12-14(10-5-2,11-6-3)13(15)16;/h3*4-12H2,1-3H3,(H,15,16);/q;;;+3/p-3. The third kappa shape index (κ3) is 25.4. The van der Waals surface area contributed by atoms with Crippen LogP contribution in [0.2, 0.25) is 0 Å². The van der Waals surface area contributed by atoms with Gasteiger partial charge in [0.15, 0.2) is 0 Å². The molecule has 0 aliphatic heterocycles. The van der Waals surface area contributed by atoms with Gasteiger partial charge < -0.3 is 29.7 Å². The fourth-order valence-electron chi connectivity index (χ4n) is 7.59. The summed E-state index contributed by atoms with van der Waals surface area (Å²) in [7, 11) is 0. The first kappa shape index (κ1) is 55.5. The van der Waals surface area contributed by atoms with Gasteiger partial charge >= 0.3 is 40.8 Å². The molecule has 0 bridgehead atoms. The van der Waals surface area contributed by atoms with E-state index >= 15 is 0 Å². The Kier molecular flexibility index (Phi) is 40.9. The van der Waals surface area contributed by atoms with E-state index in [0.29, 0.717) is 0 Å². The molecule has 7 heteroatoms. The van der Waals surface area contributed by atoms with Crippen molar-refractivity contribution in [3.63, 3.8) is 0 Å². The van der Waals surface area contributed by atoms with Crippen LogP contribution in [0.25, 0.3) is 0 Å². The fraction of sp³-hybridized carbons (Fsp3) is 0.929. The predicted octanol–water partition coefficient (Wildman–Crippen LogP) is 9.88. The molecular weight excluding hydrogens is 745 g/mol.